The zero-order chi connectivity index (χ0) is 80.3. The second kappa shape index (κ2) is 80.9. The second-order valence-corrected chi connectivity index (χ2v) is 29.9. The molecular weight excluding hydrogens is 1430 g/mol. The molecule has 0 aromatic rings. The van der Waals surface area contributed by atoms with E-state index >= 15 is 0 Å². The van der Waals surface area contributed by atoms with E-state index in [2.05, 4.69) is 192 Å². The molecule has 0 aromatic carbocycles. The maximum Gasteiger partial charge on any atom is 0.472 e. The Hall–Kier alpha value is -6.10. The van der Waals surface area contributed by atoms with E-state index in [1.807, 2.05) is 30.4 Å². The highest BCUT2D eigenvalue weighted by atomic mass is 31.2. The van der Waals surface area contributed by atoms with Gasteiger partial charge in [0.25, 0.3) is 0 Å². The number of carbonyl (C=O) groups excluding carboxylic acids is 4. The summed E-state index contributed by atoms with van der Waals surface area (Å²) in [4.78, 5) is 73.1. The van der Waals surface area contributed by atoms with E-state index in [9.17, 15) is 43.2 Å². The second-order valence-electron chi connectivity index (χ2n) is 27.0. The molecule has 0 aliphatic heterocycles. The van der Waals surface area contributed by atoms with Gasteiger partial charge in [-0.3, -0.25) is 37.3 Å². The van der Waals surface area contributed by atoms with Crippen molar-refractivity contribution in [1.29, 1.82) is 0 Å². The van der Waals surface area contributed by atoms with E-state index in [1.165, 1.54) is 57.8 Å². The predicted molar refractivity (Wildman–Crippen MR) is 454 cm³/mol. The van der Waals surface area contributed by atoms with Crippen molar-refractivity contribution in [1.82, 2.24) is 0 Å². The number of aliphatic hydroxyl groups is 1. The Labute approximate surface area is 666 Å². The predicted octanol–water partition coefficient (Wildman–Crippen LogP) is 24.9. The first kappa shape index (κ1) is 104. The molecule has 0 fully saturated rings. The van der Waals surface area contributed by atoms with Crippen LogP contribution in [0.3, 0.4) is 0 Å². The number of hydrogen-bond donors (Lipinski definition) is 3. The van der Waals surface area contributed by atoms with Gasteiger partial charge in [-0.15, -0.1) is 0 Å². The lowest BCUT2D eigenvalue weighted by Crippen LogP contribution is -2.30. The molecule has 0 aliphatic carbocycles. The quantitative estimate of drug-likeness (QED) is 0.0169. The molecular formula is C91H146O17P2. The van der Waals surface area contributed by atoms with Crippen molar-refractivity contribution in [2.45, 2.75) is 316 Å². The molecule has 0 rings (SSSR count). The highest BCUT2D eigenvalue weighted by Gasteiger charge is 2.30. The number of hydrogen-bond acceptors (Lipinski definition) is 15. The molecule has 0 radical (unpaired) electrons. The summed E-state index contributed by atoms with van der Waals surface area (Å²) >= 11 is 0. The van der Waals surface area contributed by atoms with Crippen molar-refractivity contribution in [3.05, 3.63) is 194 Å². The molecule has 0 heterocycles. The lowest BCUT2D eigenvalue weighted by molar-refractivity contribution is -0.161. The molecule has 0 spiro atoms. The molecule has 0 aromatic heterocycles. The summed E-state index contributed by atoms with van der Waals surface area (Å²) in [7, 11) is -10.0. The Morgan fingerprint density at radius 3 is 0.827 bits per heavy atom. The van der Waals surface area contributed by atoms with Gasteiger partial charge >= 0.3 is 39.5 Å². The largest absolute Gasteiger partial charge is 0.472 e. The van der Waals surface area contributed by atoms with Crippen LogP contribution in [0.1, 0.15) is 297 Å². The summed E-state index contributed by atoms with van der Waals surface area (Å²) in [6, 6.07) is 0. The van der Waals surface area contributed by atoms with Crippen molar-refractivity contribution in [3.63, 3.8) is 0 Å². The fraction of sp³-hybridized carbons (Fsp3) is 0.604. The Bertz CT molecular complexity index is 2850. The zero-order valence-corrected chi connectivity index (χ0v) is 69.9. The van der Waals surface area contributed by atoms with Crippen molar-refractivity contribution < 1.29 is 80.2 Å². The Morgan fingerprint density at radius 2 is 0.500 bits per heavy atom. The van der Waals surface area contributed by atoms with Gasteiger partial charge in [-0.2, -0.15) is 0 Å². The number of phosphoric acid groups is 2. The van der Waals surface area contributed by atoms with E-state index in [1.54, 1.807) is 0 Å². The van der Waals surface area contributed by atoms with Gasteiger partial charge in [-0.05, 0) is 180 Å². The van der Waals surface area contributed by atoms with Gasteiger partial charge in [0.1, 0.15) is 19.3 Å². The Morgan fingerprint density at radius 1 is 0.264 bits per heavy atom. The summed E-state index contributed by atoms with van der Waals surface area (Å²) in [6.45, 7) is 4.46. The number of carbonyl (C=O) groups is 4. The van der Waals surface area contributed by atoms with Crippen molar-refractivity contribution >= 4 is 39.5 Å². The molecule has 19 heteroatoms. The van der Waals surface area contributed by atoms with Gasteiger partial charge in [0.05, 0.1) is 26.4 Å². The van der Waals surface area contributed by atoms with Crippen molar-refractivity contribution in [2.24, 2.45) is 0 Å². The SMILES string of the molecule is CC/C=C\C/C=C\C/C=C\C/C=C\C/C=C\CCCCCC(=O)OC[C@H](COP(=O)(O)OC[C@@H](O)COP(=O)(O)OC[C@@H](COC(=O)CCC/C=C\C/C=C\C/C=C\C/C=C\CCCCC)OC(=O)CC/C=C\C/C=C\C/C=C\C/C=C\C/C=C\CCCCC)OC(=O)CCCCCCC/C=C\C/C=C\CCCCC. The van der Waals surface area contributed by atoms with Crippen LogP contribution < -0.4 is 0 Å². The topological polar surface area (TPSA) is 237 Å². The van der Waals surface area contributed by atoms with Crippen LogP contribution in [-0.2, 0) is 65.4 Å². The fourth-order valence-corrected chi connectivity index (χ4v) is 11.8. The van der Waals surface area contributed by atoms with Gasteiger partial charge in [0.2, 0.25) is 0 Å². The van der Waals surface area contributed by atoms with Crippen LogP contribution in [-0.4, -0.2) is 96.7 Å². The zero-order valence-electron chi connectivity index (χ0n) is 68.1. The number of rotatable bonds is 76. The molecule has 0 aliphatic rings. The molecule has 5 atom stereocenters. The summed E-state index contributed by atoms with van der Waals surface area (Å²) in [5, 5.41) is 10.7. The smallest absolute Gasteiger partial charge is 0.462 e. The molecule has 17 nitrogen and oxygen atoms in total. The maximum absolute atomic E-state index is 13.1. The lowest BCUT2D eigenvalue weighted by atomic mass is 10.1. The molecule has 0 saturated carbocycles. The minimum Gasteiger partial charge on any atom is -0.462 e. The van der Waals surface area contributed by atoms with E-state index in [0.29, 0.717) is 38.5 Å². The summed E-state index contributed by atoms with van der Waals surface area (Å²) in [5.41, 5.74) is 0. The molecule has 110 heavy (non-hydrogen) atoms. The highest BCUT2D eigenvalue weighted by Crippen LogP contribution is 2.45. The average Bonchev–Trinajstić information content (AvgIpc) is 0.882. The summed E-state index contributed by atoms with van der Waals surface area (Å²) in [5.74, 6) is -2.41. The first-order valence-corrected chi connectivity index (χ1v) is 44.7. The summed E-state index contributed by atoms with van der Waals surface area (Å²) < 4.78 is 68.5. The number of esters is 4. The number of unbranched alkanes of at least 4 members (excludes halogenated alkanes) is 18. The third-order valence-corrected chi connectivity index (χ3v) is 18.4. The van der Waals surface area contributed by atoms with Gasteiger partial charge in [0.15, 0.2) is 12.2 Å². The van der Waals surface area contributed by atoms with E-state index in [4.69, 9.17) is 37.0 Å². The minimum atomic E-state index is -5.03. The van der Waals surface area contributed by atoms with Gasteiger partial charge in [-0.1, -0.05) is 286 Å². The van der Waals surface area contributed by atoms with E-state index < -0.39 is 97.5 Å². The average molecular weight is 1570 g/mol. The minimum absolute atomic E-state index is 0.0485. The number of allylic oxidation sites excluding steroid dienone is 32. The van der Waals surface area contributed by atoms with Crippen LogP contribution in [0, 0.1) is 0 Å². The maximum atomic E-state index is 13.1. The molecule has 0 bridgehead atoms. The third-order valence-electron chi connectivity index (χ3n) is 16.5. The Balaban J connectivity index is 5.56. The lowest BCUT2D eigenvalue weighted by Gasteiger charge is -2.21. The van der Waals surface area contributed by atoms with Crippen LogP contribution >= 0.6 is 15.6 Å². The van der Waals surface area contributed by atoms with Crippen LogP contribution in [0.15, 0.2) is 194 Å². The third kappa shape index (κ3) is 80.0. The van der Waals surface area contributed by atoms with Crippen LogP contribution in [0.5, 0.6) is 0 Å². The standard InChI is InChI=1S/C91H146O17P2/c1-5-9-13-17-21-25-29-33-37-40-42-45-49-52-56-60-64-68-72-76-89(94)102-81-86(107-90(95)77-73-69-65-61-57-53-47-36-32-28-24-20-16-12-8-4)83-105-109(97,98)103-79-85(92)80-104-110(99,100)106-84-87(82-101-88(93)75-71-67-63-59-55-51-48-44-39-35-31-27-23-19-15-11-7-3)108-91(96)78-74-70-66-62-58-54-50-46-43-41-38-34-30-26-22-18-14-10-6-2/h9,13,21-28,33-39,42-43,45-48,51-52,54,56,58-59,63,66,70,85-87,92H,5-8,10-12,14-20,29-32,40-41,44,49-50,53,55,57,60-62,64-65,67-69,71-84H2,1-4H3,(H,97,98)(H,99,100)/b13-9-,25-21-,26-22-,27-23-,28-24-,37-33-,38-34-,39-35-,45-42-,46-43-,47-36-,51-48-,56-52-,58-54-,63-59-,70-66-/t85-,86-,87-/m1/s1. The summed E-state index contributed by atoms with van der Waals surface area (Å²) in [6.07, 6.45) is 99.9. The van der Waals surface area contributed by atoms with E-state index in [-0.39, 0.29) is 25.7 Å². The van der Waals surface area contributed by atoms with Crippen LogP contribution in [0.25, 0.3) is 0 Å². The van der Waals surface area contributed by atoms with Gasteiger partial charge < -0.3 is 33.8 Å². The van der Waals surface area contributed by atoms with Crippen LogP contribution in [0.2, 0.25) is 0 Å². The normalized spacial score (nSPS) is 14.8. The van der Waals surface area contributed by atoms with Crippen LogP contribution in [0.4, 0.5) is 0 Å². The molecule has 0 saturated heterocycles. The van der Waals surface area contributed by atoms with E-state index in [0.717, 1.165) is 148 Å². The van der Waals surface area contributed by atoms with Crippen molar-refractivity contribution in [2.75, 3.05) is 39.6 Å². The number of phosphoric ester groups is 2. The highest BCUT2D eigenvalue weighted by molar-refractivity contribution is 7.47. The molecule has 3 N–H and O–H groups in total. The Kier molecular flexibility index (Phi) is 76.4. The van der Waals surface area contributed by atoms with Gasteiger partial charge in [0, 0.05) is 25.7 Å². The van der Waals surface area contributed by atoms with Gasteiger partial charge in [-0.25, -0.2) is 9.13 Å². The van der Waals surface area contributed by atoms with Crippen molar-refractivity contribution in [3.8, 4) is 0 Å². The molecule has 0 amide bonds. The number of aliphatic hydroxyl groups excluding tert-OH is 1. The number of ether oxygens (including phenoxy) is 4. The monoisotopic (exact) mass is 1570 g/mol. The fourth-order valence-electron chi connectivity index (χ4n) is 10.2. The molecule has 622 valence electrons. The first-order valence-electron chi connectivity index (χ1n) is 41.7. The first-order chi connectivity index (χ1) is 53.7. The molecule has 2 unspecified atom stereocenters.